The van der Waals surface area contributed by atoms with Crippen molar-refractivity contribution in [3.8, 4) is 17.4 Å². The van der Waals surface area contributed by atoms with Gasteiger partial charge in [-0.15, -0.1) is 0 Å². The summed E-state index contributed by atoms with van der Waals surface area (Å²) in [6.07, 6.45) is 0. The van der Waals surface area contributed by atoms with Crippen molar-refractivity contribution in [2.45, 2.75) is 6.92 Å². The molecule has 0 fully saturated rings. The van der Waals surface area contributed by atoms with E-state index in [9.17, 15) is 0 Å². The highest BCUT2D eigenvalue weighted by molar-refractivity contribution is 14.1. The van der Waals surface area contributed by atoms with Gasteiger partial charge in [0.1, 0.15) is 11.5 Å². The van der Waals surface area contributed by atoms with Crippen molar-refractivity contribution in [1.29, 1.82) is 0 Å². The first-order valence-electron chi connectivity index (χ1n) is 4.93. The van der Waals surface area contributed by atoms with Crippen LogP contribution in [0.2, 0.25) is 0 Å². The Balaban J connectivity index is 2.52. The zero-order valence-electron chi connectivity index (χ0n) is 9.44. The van der Waals surface area contributed by atoms with Gasteiger partial charge in [-0.1, -0.05) is 6.07 Å². The molecular weight excluding hydrogens is 331 g/mol. The summed E-state index contributed by atoms with van der Waals surface area (Å²) in [6, 6.07) is 5.43. The monoisotopic (exact) mass is 342 g/mol. The molecule has 0 unspecified atom stereocenters. The van der Waals surface area contributed by atoms with Crippen molar-refractivity contribution in [2.24, 2.45) is 0 Å². The van der Waals surface area contributed by atoms with Crippen molar-refractivity contribution < 1.29 is 4.74 Å². The van der Waals surface area contributed by atoms with Crippen molar-refractivity contribution in [1.82, 2.24) is 15.0 Å². The fraction of sp³-hybridized carbons (Fsp3) is 0.182. The van der Waals surface area contributed by atoms with E-state index in [2.05, 4.69) is 37.5 Å². The van der Waals surface area contributed by atoms with Crippen LogP contribution in [-0.2, 0) is 0 Å². The summed E-state index contributed by atoms with van der Waals surface area (Å²) in [5, 5.41) is 0. The molecule has 0 spiro atoms. The average molecular weight is 342 g/mol. The fourth-order valence-electron chi connectivity index (χ4n) is 1.35. The number of ether oxygens (including phenoxy) is 1. The van der Waals surface area contributed by atoms with Gasteiger partial charge in [-0.25, -0.2) is 15.0 Å². The van der Waals surface area contributed by atoms with E-state index in [1.165, 1.54) is 0 Å². The second-order valence-corrected chi connectivity index (χ2v) is 4.48. The summed E-state index contributed by atoms with van der Waals surface area (Å²) in [5.74, 6) is 1.51. The van der Waals surface area contributed by atoms with Gasteiger partial charge >= 0.3 is 0 Å². The molecule has 88 valence electrons. The van der Waals surface area contributed by atoms with Crippen LogP contribution in [-0.4, -0.2) is 22.1 Å². The van der Waals surface area contributed by atoms with Gasteiger partial charge in [0.2, 0.25) is 5.88 Å². The number of nitrogen functional groups attached to an aromatic ring is 1. The highest BCUT2D eigenvalue weighted by atomic mass is 127. The topological polar surface area (TPSA) is 73.9 Å². The maximum absolute atomic E-state index is 5.81. The normalized spacial score (nSPS) is 10.3. The molecule has 2 aromatic rings. The first-order chi connectivity index (χ1) is 8.11. The molecule has 17 heavy (non-hydrogen) atoms. The molecule has 0 saturated carbocycles. The number of aryl methyl sites for hydroxylation is 1. The lowest BCUT2D eigenvalue weighted by molar-refractivity contribution is 0.398. The number of halogens is 1. The zero-order chi connectivity index (χ0) is 12.4. The average Bonchev–Trinajstić information content (AvgIpc) is 2.35. The predicted octanol–water partition coefficient (Wildman–Crippen LogP) is 2.04. The molecule has 0 radical (unpaired) electrons. The van der Waals surface area contributed by atoms with E-state index in [4.69, 9.17) is 10.5 Å². The smallest absolute Gasteiger partial charge is 0.213 e. The summed E-state index contributed by atoms with van der Waals surface area (Å²) >= 11 is 2.12. The van der Waals surface area contributed by atoms with E-state index in [-0.39, 0.29) is 0 Å². The van der Waals surface area contributed by atoms with Crippen LogP contribution >= 0.6 is 22.6 Å². The predicted molar refractivity (Wildman–Crippen MR) is 73.7 cm³/mol. The van der Waals surface area contributed by atoms with Crippen LogP contribution in [0, 0.1) is 10.5 Å². The summed E-state index contributed by atoms with van der Waals surface area (Å²) in [4.78, 5) is 12.9. The minimum atomic E-state index is 0.470. The number of methoxy groups -OCH3 is 1. The van der Waals surface area contributed by atoms with Gasteiger partial charge < -0.3 is 10.5 Å². The molecule has 0 aliphatic rings. The molecule has 2 N–H and O–H groups in total. The fourth-order valence-corrected chi connectivity index (χ4v) is 1.59. The molecule has 2 rings (SSSR count). The number of pyridine rings is 1. The van der Waals surface area contributed by atoms with Crippen LogP contribution in [0.4, 0.5) is 5.82 Å². The second-order valence-electron chi connectivity index (χ2n) is 3.40. The Morgan fingerprint density at radius 3 is 2.65 bits per heavy atom. The highest BCUT2D eigenvalue weighted by Crippen LogP contribution is 2.21. The molecule has 0 bridgehead atoms. The maximum atomic E-state index is 5.81. The van der Waals surface area contributed by atoms with Crippen LogP contribution in [0.3, 0.4) is 0 Å². The van der Waals surface area contributed by atoms with E-state index >= 15 is 0 Å². The number of hydrogen-bond donors (Lipinski definition) is 1. The van der Waals surface area contributed by atoms with E-state index in [1.54, 1.807) is 13.2 Å². The quantitative estimate of drug-likeness (QED) is 0.846. The van der Waals surface area contributed by atoms with Crippen molar-refractivity contribution in [3.05, 3.63) is 27.5 Å². The number of hydrogen-bond acceptors (Lipinski definition) is 5. The lowest BCUT2D eigenvalue weighted by atomic mass is 10.3. The Morgan fingerprint density at radius 1 is 1.24 bits per heavy atom. The van der Waals surface area contributed by atoms with Gasteiger partial charge in [0.15, 0.2) is 5.82 Å². The number of nitrogens with two attached hydrogens (primary N) is 1. The summed E-state index contributed by atoms with van der Waals surface area (Å²) in [7, 11) is 1.57. The lowest BCUT2D eigenvalue weighted by Gasteiger charge is -2.06. The third-order valence-electron chi connectivity index (χ3n) is 2.20. The molecule has 0 amide bonds. The Hall–Kier alpha value is -1.44. The molecule has 5 nitrogen and oxygen atoms in total. The van der Waals surface area contributed by atoms with Crippen molar-refractivity contribution in [2.75, 3.05) is 12.8 Å². The van der Waals surface area contributed by atoms with Crippen molar-refractivity contribution >= 4 is 28.4 Å². The molecule has 0 aliphatic carbocycles. The van der Waals surface area contributed by atoms with Gasteiger partial charge in [0, 0.05) is 6.07 Å². The Labute approximate surface area is 113 Å². The number of anilines is 1. The molecule has 2 heterocycles. The number of aromatic nitrogens is 3. The van der Waals surface area contributed by atoms with Crippen LogP contribution in [0.5, 0.6) is 5.88 Å². The van der Waals surface area contributed by atoms with Gasteiger partial charge in [-0.3, -0.25) is 0 Å². The molecule has 0 aromatic carbocycles. The Kier molecular flexibility index (Phi) is 3.41. The van der Waals surface area contributed by atoms with Crippen LogP contribution in [0.1, 0.15) is 5.69 Å². The molecular formula is C11H11IN4O. The summed E-state index contributed by atoms with van der Waals surface area (Å²) in [6.45, 7) is 1.89. The van der Waals surface area contributed by atoms with Gasteiger partial charge in [0.05, 0.1) is 16.4 Å². The SMILES string of the molecule is COc1cccc(-c2nc(C)c(I)c(N)n2)n1. The summed E-state index contributed by atoms with van der Waals surface area (Å²) in [5.41, 5.74) is 7.31. The Bertz CT molecular complexity index is 536. The first-order valence-corrected chi connectivity index (χ1v) is 6.00. The van der Waals surface area contributed by atoms with Crippen LogP contribution in [0.15, 0.2) is 18.2 Å². The minimum absolute atomic E-state index is 0.470. The third kappa shape index (κ3) is 2.46. The Morgan fingerprint density at radius 2 is 2.00 bits per heavy atom. The first kappa shape index (κ1) is 12.0. The molecule has 0 saturated heterocycles. The largest absolute Gasteiger partial charge is 0.481 e. The maximum Gasteiger partial charge on any atom is 0.213 e. The van der Waals surface area contributed by atoms with Crippen LogP contribution in [0.25, 0.3) is 11.5 Å². The minimum Gasteiger partial charge on any atom is -0.481 e. The standard InChI is InChI=1S/C11H11IN4O/c1-6-9(12)10(13)16-11(14-6)7-4-3-5-8(15-7)17-2/h3-5H,1-2H3,(H2,13,14,16). The van der Waals surface area contributed by atoms with Gasteiger partial charge in [-0.05, 0) is 35.6 Å². The van der Waals surface area contributed by atoms with Crippen molar-refractivity contribution in [3.63, 3.8) is 0 Å². The molecule has 2 aromatic heterocycles. The molecule has 6 heteroatoms. The van der Waals surface area contributed by atoms with Gasteiger partial charge in [-0.2, -0.15) is 0 Å². The highest BCUT2D eigenvalue weighted by Gasteiger charge is 2.09. The third-order valence-corrected chi connectivity index (χ3v) is 3.54. The lowest BCUT2D eigenvalue weighted by Crippen LogP contribution is -2.03. The zero-order valence-corrected chi connectivity index (χ0v) is 11.6. The van der Waals surface area contributed by atoms with E-state index in [0.717, 1.165) is 9.26 Å². The second kappa shape index (κ2) is 4.82. The van der Waals surface area contributed by atoms with Crippen LogP contribution < -0.4 is 10.5 Å². The molecule has 0 aliphatic heterocycles. The number of nitrogens with zero attached hydrogens (tertiary/aromatic N) is 3. The van der Waals surface area contributed by atoms with E-state index in [0.29, 0.717) is 23.2 Å². The van der Waals surface area contributed by atoms with Gasteiger partial charge in [0.25, 0.3) is 0 Å². The van der Waals surface area contributed by atoms with E-state index in [1.807, 2.05) is 19.1 Å². The molecule has 0 atom stereocenters. The summed E-state index contributed by atoms with van der Waals surface area (Å²) < 4.78 is 5.93. The van der Waals surface area contributed by atoms with E-state index < -0.39 is 0 Å². The number of rotatable bonds is 2.